The maximum atomic E-state index is 14.7. The second-order valence-corrected chi connectivity index (χ2v) is 10.6. The zero-order chi connectivity index (χ0) is 31.3. The number of alkyl halides is 2. The minimum absolute atomic E-state index is 0.0153. The number of benzene rings is 2. The number of likely N-dealkylation sites (tertiary alicyclic amines) is 1. The summed E-state index contributed by atoms with van der Waals surface area (Å²) in [4.78, 5) is 41.8. The van der Waals surface area contributed by atoms with Crippen molar-refractivity contribution in [2.45, 2.75) is 37.1 Å². The lowest BCUT2D eigenvalue weighted by molar-refractivity contribution is -0.152. The Balaban J connectivity index is 0.000000212. The highest BCUT2D eigenvalue weighted by atomic mass is 19.3. The summed E-state index contributed by atoms with van der Waals surface area (Å²) >= 11 is 0. The molecule has 2 fully saturated rings. The van der Waals surface area contributed by atoms with E-state index in [1.165, 1.54) is 28.1 Å². The van der Waals surface area contributed by atoms with Crippen molar-refractivity contribution >= 4 is 29.5 Å². The van der Waals surface area contributed by atoms with Gasteiger partial charge in [0.1, 0.15) is 6.29 Å². The Bertz CT molecular complexity index is 1620. The van der Waals surface area contributed by atoms with E-state index in [0.29, 0.717) is 36.3 Å². The summed E-state index contributed by atoms with van der Waals surface area (Å²) < 4.78 is 40.6. The molecule has 4 heterocycles. The van der Waals surface area contributed by atoms with Crippen LogP contribution in [0.1, 0.15) is 28.8 Å². The third kappa shape index (κ3) is 6.09. The molecule has 7 rings (SSSR count). The van der Waals surface area contributed by atoms with Crippen LogP contribution in [0.3, 0.4) is 0 Å². The number of nitrogens with two attached hydrogens (primary N) is 1. The maximum Gasteiger partial charge on any atom is 0.299 e. The quantitative estimate of drug-likeness (QED) is 0.297. The van der Waals surface area contributed by atoms with Gasteiger partial charge in [-0.25, -0.2) is 0 Å². The largest absolute Gasteiger partial charge is 0.372 e. The fourth-order valence-electron chi connectivity index (χ4n) is 5.90. The maximum absolute atomic E-state index is 14.7. The summed E-state index contributed by atoms with van der Waals surface area (Å²) in [6.07, 6.45) is 4.97. The first-order valence-corrected chi connectivity index (χ1v) is 14.1. The summed E-state index contributed by atoms with van der Waals surface area (Å²) in [5.74, 6) is -4.20. The number of nitrogens with zero attached hydrogens (tertiary/aromatic N) is 2. The number of H-pyrrole nitrogens is 1. The van der Waals surface area contributed by atoms with Gasteiger partial charge in [-0.15, -0.1) is 0 Å². The van der Waals surface area contributed by atoms with Gasteiger partial charge in [-0.3, -0.25) is 14.6 Å². The van der Waals surface area contributed by atoms with Gasteiger partial charge in [0.2, 0.25) is 12.3 Å². The number of hydrogen-bond donors (Lipinski definition) is 3. The van der Waals surface area contributed by atoms with E-state index < -0.39 is 17.8 Å². The van der Waals surface area contributed by atoms with Crippen LogP contribution in [0, 0.1) is 0 Å². The molecule has 44 heavy (non-hydrogen) atoms. The van der Waals surface area contributed by atoms with Crippen LogP contribution in [-0.2, 0) is 42.7 Å². The summed E-state index contributed by atoms with van der Waals surface area (Å²) in [6.45, 7) is 1.94. The van der Waals surface area contributed by atoms with E-state index in [2.05, 4.69) is 27.1 Å². The van der Waals surface area contributed by atoms with Crippen LogP contribution >= 0.6 is 0 Å². The first-order chi connectivity index (χ1) is 21.2. The number of nitrogens with one attached hydrogen (secondary N) is 2. The van der Waals surface area contributed by atoms with Crippen LogP contribution < -0.4 is 11.1 Å². The Kier molecular flexibility index (Phi) is 9.14. The SMILES string of the molecule is CNCc1cc2cnccc2[nH]1.NC=O.O=CC1CC2(CN1C(=O)Cc1ccc3c(c1)-c1ccccc1C3(F)F)OCCO2. The number of hydrogen-bond acceptors (Lipinski definition) is 7. The van der Waals surface area contributed by atoms with Crippen LogP contribution in [0.5, 0.6) is 0 Å². The minimum Gasteiger partial charge on any atom is -0.372 e. The van der Waals surface area contributed by atoms with Crippen molar-refractivity contribution in [1.82, 2.24) is 20.2 Å². The van der Waals surface area contributed by atoms with Crippen molar-refractivity contribution in [3.8, 4) is 11.1 Å². The standard InChI is InChI=1S/C22H19F2NO4.C9H11N3.CH3NO/c23-22(24)18-4-2-1-3-16(18)17-9-14(5-6-19(17)22)10-20(27)25-13-21(11-15(25)12-26)28-7-8-29-21;1-10-6-8-4-7-5-11-3-2-9(7)12-8;2-1-3/h1-6,9,12,15H,7-8,10-11,13H2;2-5,10,12H,6H2,1H3;1H,(H2,2,3). The lowest BCUT2D eigenvalue weighted by Gasteiger charge is -2.23. The number of aldehydes is 1. The number of amides is 2. The molecule has 0 saturated carbocycles. The molecule has 4 aromatic rings. The Hall–Kier alpha value is -4.52. The molecule has 1 spiro atoms. The highest BCUT2D eigenvalue weighted by Gasteiger charge is 2.50. The highest BCUT2D eigenvalue weighted by Crippen LogP contribution is 2.51. The second-order valence-electron chi connectivity index (χ2n) is 10.6. The second kappa shape index (κ2) is 13.0. The number of halogens is 2. The predicted molar refractivity (Wildman–Crippen MR) is 159 cm³/mol. The average molecular weight is 606 g/mol. The lowest BCUT2D eigenvalue weighted by atomic mass is 10.0. The normalized spacial score (nSPS) is 18.5. The molecule has 1 unspecified atom stereocenters. The molecule has 2 aliphatic heterocycles. The predicted octanol–water partition coefficient (Wildman–Crippen LogP) is 3.28. The molecule has 4 N–H and O–H groups in total. The summed E-state index contributed by atoms with van der Waals surface area (Å²) in [5, 5.41) is 4.26. The Morgan fingerprint density at radius 1 is 1.11 bits per heavy atom. The molecule has 2 saturated heterocycles. The monoisotopic (exact) mass is 605 g/mol. The molecule has 2 aromatic carbocycles. The average Bonchev–Trinajstić information content (AvgIpc) is 3.79. The van der Waals surface area contributed by atoms with Gasteiger partial charge in [0.25, 0.3) is 5.92 Å². The molecule has 0 radical (unpaired) electrons. The number of ether oxygens (including phenoxy) is 2. The van der Waals surface area contributed by atoms with E-state index in [1.807, 2.05) is 19.3 Å². The van der Waals surface area contributed by atoms with Crippen LogP contribution in [-0.4, -0.2) is 72.1 Å². The van der Waals surface area contributed by atoms with Gasteiger partial charge in [-0.05, 0) is 35.9 Å². The van der Waals surface area contributed by atoms with Crippen molar-refractivity contribution in [3.63, 3.8) is 0 Å². The molecule has 2 aromatic heterocycles. The van der Waals surface area contributed by atoms with Gasteiger partial charge in [0.05, 0.1) is 32.2 Å². The Morgan fingerprint density at radius 2 is 1.84 bits per heavy atom. The van der Waals surface area contributed by atoms with Gasteiger partial charge < -0.3 is 35.2 Å². The van der Waals surface area contributed by atoms with Crippen molar-refractivity contribution in [3.05, 3.63) is 89.4 Å². The third-order valence-electron chi connectivity index (χ3n) is 7.80. The van der Waals surface area contributed by atoms with Crippen molar-refractivity contribution in [1.29, 1.82) is 0 Å². The van der Waals surface area contributed by atoms with E-state index >= 15 is 0 Å². The first-order valence-electron chi connectivity index (χ1n) is 14.1. The number of carbonyl (C=O) groups is 3. The molecule has 12 heteroatoms. The number of rotatable bonds is 5. The minimum atomic E-state index is -3.05. The van der Waals surface area contributed by atoms with E-state index in [4.69, 9.17) is 14.3 Å². The molecular weight excluding hydrogens is 572 g/mol. The smallest absolute Gasteiger partial charge is 0.299 e. The zero-order valence-corrected chi connectivity index (χ0v) is 24.1. The molecule has 1 aliphatic carbocycles. The lowest BCUT2D eigenvalue weighted by Crippen LogP contribution is -2.40. The molecule has 2 amide bonds. The fourth-order valence-corrected chi connectivity index (χ4v) is 5.90. The van der Waals surface area contributed by atoms with Gasteiger partial charge in [-0.1, -0.05) is 42.5 Å². The zero-order valence-electron chi connectivity index (χ0n) is 24.1. The Labute approximate surface area is 252 Å². The fraction of sp³-hybridized carbons (Fsp3) is 0.312. The van der Waals surface area contributed by atoms with E-state index in [9.17, 15) is 18.4 Å². The van der Waals surface area contributed by atoms with E-state index in [0.717, 1.165) is 18.3 Å². The molecule has 3 aliphatic rings. The first kappa shape index (κ1) is 30.9. The van der Waals surface area contributed by atoms with Crippen molar-refractivity contribution in [2.24, 2.45) is 5.73 Å². The number of pyridine rings is 1. The van der Waals surface area contributed by atoms with Gasteiger partial charge >= 0.3 is 0 Å². The summed E-state index contributed by atoms with van der Waals surface area (Å²) in [7, 11) is 1.93. The molecule has 0 bridgehead atoms. The van der Waals surface area contributed by atoms with Crippen LogP contribution in [0.2, 0.25) is 0 Å². The number of carbonyl (C=O) groups excluding carboxylic acids is 3. The van der Waals surface area contributed by atoms with Gasteiger partial charge in [0.15, 0.2) is 5.79 Å². The number of aromatic nitrogens is 2. The van der Waals surface area contributed by atoms with Gasteiger partial charge in [0, 0.05) is 53.1 Å². The summed E-state index contributed by atoms with van der Waals surface area (Å²) in [6, 6.07) is 14.5. The van der Waals surface area contributed by atoms with E-state index in [-0.39, 0.29) is 36.4 Å². The molecule has 1 atom stereocenters. The number of primary amides is 1. The molecule has 10 nitrogen and oxygen atoms in total. The highest BCUT2D eigenvalue weighted by molar-refractivity contribution is 5.85. The number of aromatic amines is 1. The molecule has 230 valence electrons. The van der Waals surface area contributed by atoms with Crippen molar-refractivity contribution < 1.29 is 32.6 Å². The molecular formula is C32H33F2N5O5. The van der Waals surface area contributed by atoms with E-state index in [1.54, 1.807) is 36.5 Å². The Morgan fingerprint density at radius 3 is 2.55 bits per heavy atom. The van der Waals surface area contributed by atoms with Crippen molar-refractivity contribution in [2.75, 3.05) is 26.8 Å². The number of fused-ring (bicyclic) bond motifs is 4. The van der Waals surface area contributed by atoms with Crippen LogP contribution in [0.25, 0.3) is 22.0 Å². The van der Waals surface area contributed by atoms with Gasteiger partial charge in [-0.2, -0.15) is 8.78 Å². The van der Waals surface area contributed by atoms with Crippen LogP contribution in [0.4, 0.5) is 8.78 Å². The third-order valence-corrected chi connectivity index (χ3v) is 7.80. The summed E-state index contributed by atoms with van der Waals surface area (Å²) in [5.41, 5.74) is 8.00. The topological polar surface area (TPSA) is 140 Å². The van der Waals surface area contributed by atoms with Crippen LogP contribution in [0.15, 0.2) is 67.0 Å².